The van der Waals surface area contributed by atoms with Gasteiger partial charge in [0.05, 0.1) is 19.2 Å². The number of ether oxygens (including phenoxy) is 1. The quantitative estimate of drug-likeness (QED) is 0.829. The van der Waals surface area contributed by atoms with Crippen LogP contribution in [0.4, 0.5) is 13.2 Å². The van der Waals surface area contributed by atoms with Crippen LogP contribution < -0.4 is 0 Å². The first-order valence-electron chi connectivity index (χ1n) is 4.77. The maximum absolute atomic E-state index is 13.2. The molecule has 4 nitrogen and oxygen atoms in total. The van der Waals surface area contributed by atoms with Crippen LogP contribution in [0.3, 0.4) is 0 Å². The molecule has 1 rings (SSSR count). The molecule has 0 aliphatic heterocycles. The Balaban J connectivity index is 3.05. The summed E-state index contributed by atoms with van der Waals surface area (Å²) in [5, 5.41) is 9.37. The van der Waals surface area contributed by atoms with E-state index in [1.807, 2.05) is 0 Å². The third kappa shape index (κ3) is 3.08. The third-order valence-electron chi connectivity index (χ3n) is 1.97. The number of rotatable bonds is 4. The van der Waals surface area contributed by atoms with Gasteiger partial charge < -0.3 is 9.84 Å². The number of carbonyl (C=O) groups excluding carboxylic acids is 1. The second kappa shape index (κ2) is 5.51. The minimum absolute atomic E-state index is 0.0774. The summed E-state index contributed by atoms with van der Waals surface area (Å²) < 4.78 is 42.5. The Bertz CT molecular complexity index is 424. The van der Waals surface area contributed by atoms with Gasteiger partial charge >= 0.3 is 5.97 Å². The Hall–Kier alpha value is -1.79. The van der Waals surface area contributed by atoms with Gasteiger partial charge in [-0.15, -0.1) is 0 Å². The highest BCUT2D eigenvalue weighted by Crippen LogP contribution is 2.30. The van der Waals surface area contributed by atoms with Crippen LogP contribution >= 0.6 is 0 Å². The number of carbonyl (C=O) groups is 1. The van der Waals surface area contributed by atoms with E-state index in [0.29, 0.717) is 6.20 Å². The van der Waals surface area contributed by atoms with Crippen LogP contribution in [0.1, 0.15) is 24.6 Å². The smallest absolute Gasteiger partial charge is 0.310 e. The van der Waals surface area contributed by atoms with Crippen molar-refractivity contribution >= 4 is 5.97 Å². The van der Waals surface area contributed by atoms with E-state index in [-0.39, 0.29) is 6.61 Å². The van der Waals surface area contributed by atoms with Gasteiger partial charge in [0.2, 0.25) is 0 Å². The lowest BCUT2D eigenvalue weighted by Crippen LogP contribution is -2.10. The number of aromatic hydroxyl groups is 1. The average molecular weight is 249 g/mol. The lowest BCUT2D eigenvalue weighted by molar-refractivity contribution is -0.142. The molecule has 0 fully saturated rings. The highest BCUT2D eigenvalue weighted by molar-refractivity contribution is 5.73. The Morgan fingerprint density at radius 1 is 1.59 bits per heavy atom. The zero-order chi connectivity index (χ0) is 13.0. The predicted octanol–water partition coefficient (Wildman–Crippen LogP) is 1.97. The molecule has 0 amide bonds. The largest absolute Gasteiger partial charge is 0.505 e. The molecule has 1 aromatic heterocycles. The zero-order valence-electron chi connectivity index (χ0n) is 8.91. The standard InChI is InChI=1S/C10H10F3NO3/c1-2-17-7(15)3-5-6(11)4-14-8(9(5)16)10(12)13/h4,10,16H,2-3H2,1H3. The first kappa shape index (κ1) is 13.3. The van der Waals surface area contributed by atoms with E-state index >= 15 is 0 Å². The SMILES string of the molecule is CCOC(=O)Cc1c(F)cnc(C(F)F)c1O. The van der Waals surface area contributed by atoms with Gasteiger partial charge in [-0.25, -0.2) is 18.2 Å². The molecule has 0 spiro atoms. The maximum Gasteiger partial charge on any atom is 0.310 e. The summed E-state index contributed by atoms with van der Waals surface area (Å²) in [5.74, 6) is -2.85. The molecule has 1 heterocycles. The summed E-state index contributed by atoms with van der Waals surface area (Å²) >= 11 is 0. The van der Waals surface area contributed by atoms with Crippen molar-refractivity contribution in [3.63, 3.8) is 0 Å². The van der Waals surface area contributed by atoms with Crippen LogP contribution in [0, 0.1) is 5.82 Å². The van der Waals surface area contributed by atoms with E-state index in [1.165, 1.54) is 0 Å². The average Bonchev–Trinajstić information content (AvgIpc) is 2.24. The van der Waals surface area contributed by atoms with Crippen molar-refractivity contribution in [2.24, 2.45) is 0 Å². The minimum atomic E-state index is -3.04. The Labute approximate surface area is 95.0 Å². The molecule has 0 unspecified atom stereocenters. The molecule has 7 heteroatoms. The molecule has 0 radical (unpaired) electrons. The number of alkyl halides is 2. The molecule has 0 saturated heterocycles. The normalized spacial score (nSPS) is 10.6. The summed E-state index contributed by atoms with van der Waals surface area (Å²) in [6, 6.07) is 0. The van der Waals surface area contributed by atoms with Crippen LogP contribution in [0.5, 0.6) is 5.75 Å². The third-order valence-corrected chi connectivity index (χ3v) is 1.97. The molecular weight excluding hydrogens is 239 g/mol. The summed E-state index contributed by atoms with van der Waals surface area (Å²) in [5.41, 5.74) is -1.49. The second-order valence-electron chi connectivity index (χ2n) is 3.10. The molecule has 0 aliphatic rings. The molecule has 17 heavy (non-hydrogen) atoms. The number of pyridine rings is 1. The molecule has 94 valence electrons. The summed E-state index contributed by atoms with van der Waals surface area (Å²) in [6.45, 7) is 1.62. The van der Waals surface area contributed by atoms with E-state index in [9.17, 15) is 23.1 Å². The number of nitrogens with zero attached hydrogens (tertiary/aromatic N) is 1. The van der Waals surface area contributed by atoms with Crippen LogP contribution in [-0.4, -0.2) is 22.7 Å². The van der Waals surface area contributed by atoms with Crippen LogP contribution in [0.2, 0.25) is 0 Å². The van der Waals surface area contributed by atoms with Gasteiger partial charge in [-0.3, -0.25) is 4.79 Å². The number of esters is 1. The maximum atomic E-state index is 13.2. The van der Waals surface area contributed by atoms with Crippen LogP contribution in [0.15, 0.2) is 6.20 Å². The molecule has 0 bridgehead atoms. The van der Waals surface area contributed by atoms with Gasteiger partial charge in [0.15, 0.2) is 0 Å². The molecule has 0 aromatic carbocycles. The van der Waals surface area contributed by atoms with Crippen molar-refractivity contribution in [3.8, 4) is 5.75 Å². The highest BCUT2D eigenvalue weighted by Gasteiger charge is 2.22. The van der Waals surface area contributed by atoms with Crippen molar-refractivity contribution < 1.29 is 27.8 Å². The monoisotopic (exact) mass is 249 g/mol. The van der Waals surface area contributed by atoms with E-state index in [1.54, 1.807) is 6.92 Å². The first-order valence-corrected chi connectivity index (χ1v) is 4.77. The molecular formula is C10H10F3NO3. The Morgan fingerprint density at radius 2 is 2.24 bits per heavy atom. The van der Waals surface area contributed by atoms with Crippen molar-refractivity contribution in [1.82, 2.24) is 4.98 Å². The number of aromatic nitrogens is 1. The van der Waals surface area contributed by atoms with E-state index in [0.717, 1.165) is 0 Å². The summed E-state index contributed by atoms with van der Waals surface area (Å²) in [7, 11) is 0. The first-order chi connectivity index (χ1) is 7.97. The number of hydrogen-bond acceptors (Lipinski definition) is 4. The van der Waals surface area contributed by atoms with E-state index in [2.05, 4.69) is 9.72 Å². The molecule has 1 aromatic rings. The van der Waals surface area contributed by atoms with Gasteiger partial charge in [0, 0.05) is 5.56 Å². The number of hydrogen-bond donors (Lipinski definition) is 1. The lowest BCUT2D eigenvalue weighted by Gasteiger charge is -2.09. The van der Waals surface area contributed by atoms with Gasteiger partial charge in [-0.05, 0) is 6.92 Å². The molecule has 0 atom stereocenters. The highest BCUT2D eigenvalue weighted by atomic mass is 19.3. The predicted molar refractivity (Wildman–Crippen MR) is 51.2 cm³/mol. The Kier molecular flexibility index (Phi) is 4.30. The fourth-order valence-electron chi connectivity index (χ4n) is 1.22. The van der Waals surface area contributed by atoms with E-state index < -0.39 is 41.6 Å². The molecule has 1 N–H and O–H groups in total. The van der Waals surface area contributed by atoms with Gasteiger partial charge in [0.25, 0.3) is 6.43 Å². The molecule has 0 aliphatic carbocycles. The van der Waals surface area contributed by atoms with Crippen molar-refractivity contribution in [2.45, 2.75) is 19.8 Å². The minimum Gasteiger partial charge on any atom is -0.505 e. The van der Waals surface area contributed by atoms with Crippen LogP contribution in [0.25, 0.3) is 0 Å². The van der Waals surface area contributed by atoms with Crippen molar-refractivity contribution in [2.75, 3.05) is 6.61 Å². The topological polar surface area (TPSA) is 59.4 Å². The fraction of sp³-hybridized carbons (Fsp3) is 0.400. The van der Waals surface area contributed by atoms with Crippen molar-refractivity contribution in [3.05, 3.63) is 23.3 Å². The fourth-order valence-corrected chi connectivity index (χ4v) is 1.22. The van der Waals surface area contributed by atoms with E-state index in [4.69, 9.17) is 0 Å². The Morgan fingerprint density at radius 3 is 2.76 bits per heavy atom. The summed E-state index contributed by atoms with van der Waals surface area (Å²) in [4.78, 5) is 14.2. The lowest BCUT2D eigenvalue weighted by atomic mass is 10.1. The van der Waals surface area contributed by atoms with Gasteiger partial charge in [0.1, 0.15) is 17.3 Å². The summed E-state index contributed by atoms with van der Waals surface area (Å²) in [6.07, 6.45) is -3.12. The second-order valence-corrected chi connectivity index (χ2v) is 3.10. The van der Waals surface area contributed by atoms with Gasteiger partial charge in [-0.2, -0.15) is 0 Å². The number of halogens is 3. The van der Waals surface area contributed by atoms with Gasteiger partial charge in [-0.1, -0.05) is 0 Å². The zero-order valence-corrected chi connectivity index (χ0v) is 8.91. The van der Waals surface area contributed by atoms with Crippen LogP contribution in [-0.2, 0) is 16.0 Å². The molecule has 0 saturated carbocycles. The van der Waals surface area contributed by atoms with Crippen molar-refractivity contribution in [1.29, 1.82) is 0 Å².